The molecule has 98 valence electrons. The first-order valence-electron chi connectivity index (χ1n) is 5.31. The van der Waals surface area contributed by atoms with Crippen LogP contribution in [0.1, 0.15) is 9.75 Å². The molecule has 2 aromatic heterocycles. The summed E-state index contributed by atoms with van der Waals surface area (Å²) in [6, 6.07) is 5.46. The maximum absolute atomic E-state index is 12.4. The van der Waals surface area contributed by atoms with Crippen molar-refractivity contribution in [3.8, 4) is 0 Å². The molecule has 0 saturated carbocycles. The smallest absolute Gasteiger partial charge is 0.244 e. The zero-order valence-electron chi connectivity index (χ0n) is 9.87. The van der Waals surface area contributed by atoms with Crippen molar-refractivity contribution in [2.45, 2.75) is 18.0 Å². The molecule has 0 unspecified atom stereocenters. The number of rotatable bonds is 5. The van der Waals surface area contributed by atoms with Crippen LogP contribution in [-0.4, -0.2) is 19.8 Å². The molecule has 0 aliphatic heterocycles. The molecule has 2 heterocycles. The van der Waals surface area contributed by atoms with E-state index in [1.54, 1.807) is 29.8 Å². The van der Waals surface area contributed by atoms with E-state index in [4.69, 9.17) is 5.73 Å². The lowest BCUT2D eigenvalue weighted by molar-refractivity contribution is 0.469. The summed E-state index contributed by atoms with van der Waals surface area (Å²) in [5.41, 5.74) is 5.56. The minimum absolute atomic E-state index is 0.249. The first kappa shape index (κ1) is 13.7. The van der Waals surface area contributed by atoms with Gasteiger partial charge in [-0.15, -0.1) is 22.7 Å². The Morgan fingerprint density at radius 2 is 2.06 bits per heavy atom. The van der Waals surface area contributed by atoms with Gasteiger partial charge in [-0.3, -0.25) is 0 Å². The zero-order chi connectivity index (χ0) is 13.2. The van der Waals surface area contributed by atoms with Gasteiger partial charge in [0.25, 0.3) is 0 Å². The third kappa shape index (κ3) is 2.65. The minimum Gasteiger partial charge on any atom is -0.326 e. The van der Waals surface area contributed by atoms with E-state index in [1.807, 2.05) is 17.5 Å². The van der Waals surface area contributed by atoms with Gasteiger partial charge in [0.2, 0.25) is 10.0 Å². The van der Waals surface area contributed by atoms with Gasteiger partial charge in [-0.1, -0.05) is 6.07 Å². The van der Waals surface area contributed by atoms with E-state index in [0.29, 0.717) is 16.3 Å². The lowest BCUT2D eigenvalue weighted by Gasteiger charge is -2.16. The first-order chi connectivity index (χ1) is 8.55. The predicted octanol–water partition coefficient (Wildman–Crippen LogP) is 2.09. The molecule has 18 heavy (non-hydrogen) atoms. The van der Waals surface area contributed by atoms with Crippen molar-refractivity contribution < 1.29 is 8.42 Å². The van der Waals surface area contributed by atoms with Crippen LogP contribution < -0.4 is 5.73 Å². The Labute approximate surface area is 115 Å². The van der Waals surface area contributed by atoms with Crippen LogP contribution in [0.15, 0.2) is 33.9 Å². The molecule has 7 heteroatoms. The molecular formula is C11H14N2O2S3. The van der Waals surface area contributed by atoms with Crippen molar-refractivity contribution in [3.63, 3.8) is 0 Å². The zero-order valence-corrected chi connectivity index (χ0v) is 12.3. The predicted molar refractivity (Wildman–Crippen MR) is 75.2 cm³/mol. The molecule has 0 saturated heterocycles. The highest BCUT2D eigenvalue weighted by atomic mass is 32.2. The van der Waals surface area contributed by atoms with Gasteiger partial charge in [0.05, 0.1) is 4.90 Å². The van der Waals surface area contributed by atoms with Crippen molar-refractivity contribution in [3.05, 3.63) is 38.7 Å². The van der Waals surface area contributed by atoms with Crippen molar-refractivity contribution in [2.75, 3.05) is 7.05 Å². The van der Waals surface area contributed by atoms with E-state index < -0.39 is 10.0 Å². The van der Waals surface area contributed by atoms with Crippen LogP contribution in [0.4, 0.5) is 0 Å². The monoisotopic (exact) mass is 302 g/mol. The Hall–Kier alpha value is -0.730. The Morgan fingerprint density at radius 3 is 2.67 bits per heavy atom. The first-order valence-corrected chi connectivity index (χ1v) is 8.51. The van der Waals surface area contributed by atoms with Crippen molar-refractivity contribution >= 4 is 32.7 Å². The van der Waals surface area contributed by atoms with Crippen molar-refractivity contribution in [1.82, 2.24) is 4.31 Å². The fraction of sp³-hybridized carbons (Fsp3) is 0.273. The highest BCUT2D eigenvalue weighted by Gasteiger charge is 2.24. The Balaban J connectivity index is 2.26. The van der Waals surface area contributed by atoms with Gasteiger partial charge < -0.3 is 5.73 Å². The molecule has 0 fully saturated rings. The van der Waals surface area contributed by atoms with E-state index in [0.717, 1.165) is 4.88 Å². The van der Waals surface area contributed by atoms with Gasteiger partial charge in [-0.25, -0.2) is 8.42 Å². The molecule has 0 spiro atoms. The van der Waals surface area contributed by atoms with Gasteiger partial charge in [0, 0.05) is 29.9 Å². The molecule has 0 aromatic carbocycles. The lowest BCUT2D eigenvalue weighted by atomic mass is 10.5. The van der Waals surface area contributed by atoms with E-state index in [-0.39, 0.29) is 6.54 Å². The van der Waals surface area contributed by atoms with Crippen LogP contribution in [0.3, 0.4) is 0 Å². The average molecular weight is 302 g/mol. The third-order valence-corrected chi connectivity index (χ3v) is 6.36. The Morgan fingerprint density at radius 1 is 1.28 bits per heavy atom. The summed E-state index contributed by atoms with van der Waals surface area (Å²) < 4.78 is 26.1. The fourth-order valence-electron chi connectivity index (χ4n) is 1.58. The average Bonchev–Trinajstić information content (AvgIpc) is 2.98. The molecule has 0 aliphatic rings. The second-order valence-electron chi connectivity index (χ2n) is 3.75. The van der Waals surface area contributed by atoms with Crippen LogP contribution in [0.2, 0.25) is 0 Å². The summed E-state index contributed by atoms with van der Waals surface area (Å²) in [6.07, 6.45) is 0. The van der Waals surface area contributed by atoms with E-state index in [2.05, 4.69) is 0 Å². The molecule has 0 atom stereocenters. The summed E-state index contributed by atoms with van der Waals surface area (Å²) in [4.78, 5) is 2.05. The van der Waals surface area contributed by atoms with Gasteiger partial charge >= 0.3 is 0 Å². The maximum Gasteiger partial charge on any atom is 0.244 e. The quantitative estimate of drug-likeness (QED) is 0.920. The molecule has 4 nitrogen and oxygen atoms in total. The molecular weight excluding hydrogens is 288 g/mol. The highest BCUT2D eigenvalue weighted by molar-refractivity contribution is 7.89. The second-order valence-corrected chi connectivity index (χ2v) is 7.80. The maximum atomic E-state index is 12.4. The Bertz CT molecular complexity index is 602. The molecule has 0 radical (unpaired) electrons. The number of hydrogen-bond acceptors (Lipinski definition) is 5. The van der Waals surface area contributed by atoms with Crippen LogP contribution in [0.25, 0.3) is 0 Å². The van der Waals surface area contributed by atoms with Crippen molar-refractivity contribution in [1.29, 1.82) is 0 Å². The van der Waals surface area contributed by atoms with Crippen molar-refractivity contribution in [2.24, 2.45) is 5.73 Å². The highest BCUT2D eigenvalue weighted by Crippen LogP contribution is 2.25. The minimum atomic E-state index is -3.44. The number of sulfonamides is 1. The summed E-state index contributed by atoms with van der Waals surface area (Å²) in [6.45, 7) is 0.638. The number of hydrogen-bond donors (Lipinski definition) is 1. The summed E-state index contributed by atoms with van der Waals surface area (Å²) in [5.74, 6) is 0. The number of nitrogens with zero attached hydrogens (tertiary/aromatic N) is 1. The Kier molecular flexibility index (Phi) is 4.18. The SMILES string of the molecule is CN(Cc1cccs1)S(=O)(=O)c1ccsc1CN. The molecule has 0 amide bonds. The third-order valence-electron chi connectivity index (χ3n) is 2.54. The summed E-state index contributed by atoms with van der Waals surface area (Å²) in [5, 5.41) is 3.69. The molecule has 0 bridgehead atoms. The fourth-order valence-corrected chi connectivity index (χ4v) is 4.87. The number of thiophene rings is 2. The number of nitrogens with two attached hydrogens (primary N) is 1. The standard InChI is InChI=1S/C11H14N2O2S3/c1-13(8-9-3-2-5-16-9)18(14,15)11-4-6-17-10(11)7-12/h2-6H,7-8,12H2,1H3. The van der Waals surface area contributed by atoms with Crippen LogP contribution >= 0.6 is 22.7 Å². The van der Waals surface area contributed by atoms with Crippen LogP contribution in [-0.2, 0) is 23.1 Å². The van der Waals surface area contributed by atoms with E-state index in [1.165, 1.54) is 15.6 Å². The van der Waals surface area contributed by atoms with E-state index >= 15 is 0 Å². The van der Waals surface area contributed by atoms with Gasteiger partial charge in [-0.2, -0.15) is 4.31 Å². The largest absolute Gasteiger partial charge is 0.326 e. The van der Waals surface area contributed by atoms with Gasteiger partial charge in [0.15, 0.2) is 0 Å². The van der Waals surface area contributed by atoms with Crippen LogP contribution in [0.5, 0.6) is 0 Å². The topological polar surface area (TPSA) is 63.4 Å². The molecule has 2 N–H and O–H groups in total. The lowest BCUT2D eigenvalue weighted by Crippen LogP contribution is -2.26. The normalized spacial score (nSPS) is 12.2. The van der Waals surface area contributed by atoms with Gasteiger partial charge in [0.1, 0.15) is 0 Å². The van der Waals surface area contributed by atoms with E-state index in [9.17, 15) is 8.42 Å². The second kappa shape index (κ2) is 5.50. The molecule has 0 aliphatic carbocycles. The summed E-state index contributed by atoms with van der Waals surface area (Å²) >= 11 is 2.92. The van der Waals surface area contributed by atoms with Gasteiger partial charge in [-0.05, 0) is 22.9 Å². The summed E-state index contributed by atoms with van der Waals surface area (Å²) in [7, 11) is -1.85. The molecule has 2 aromatic rings. The molecule has 2 rings (SSSR count). The van der Waals surface area contributed by atoms with Crippen LogP contribution in [0, 0.1) is 0 Å².